The Hall–Kier alpha value is -1.46. The van der Waals surface area contributed by atoms with Crippen molar-refractivity contribution in [3.8, 4) is 0 Å². The lowest BCUT2D eigenvalue weighted by atomic mass is 10.0. The predicted octanol–water partition coefficient (Wildman–Crippen LogP) is 1.99. The van der Waals surface area contributed by atoms with Gasteiger partial charge in [0, 0.05) is 19.1 Å². The average molecular weight is 312 g/mol. The summed E-state index contributed by atoms with van der Waals surface area (Å²) in [5, 5.41) is 15.3. The smallest absolute Gasteiger partial charge is 0.315 e. The van der Waals surface area contributed by atoms with Crippen molar-refractivity contribution < 1.29 is 9.90 Å². The van der Waals surface area contributed by atoms with Crippen molar-refractivity contribution >= 4 is 23.3 Å². The number of nitrogens with zero attached hydrogens (tertiary/aromatic N) is 1. The minimum absolute atomic E-state index is 0.0656. The minimum Gasteiger partial charge on any atom is -0.394 e. The minimum atomic E-state index is -0.242. The van der Waals surface area contributed by atoms with Crippen LogP contribution in [0.4, 0.5) is 10.5 Å². The molecule has 0 spiro atoms. The van der Waals surface area contributed by atoms with Gasteiger partial charge in [-0.3, -0.25) is 0 Å². The van der Waals surface area contributed by atoms with E-state index in [1.54, 1.807) is 6.92 Å². The highest BCUT2D eigenvalue weighted by molar-refractivity contribution is 6.33. The second kappa shape index (κ2) is 7.52. The Kier molecular flexibility index (Phi) is 5.70. The zero-order valence-corrected chi connectivity index (χ0v) is 12.9. The summed E-state index contributed by atoms with van der Waals surface area (Å²) in [5.41, 5.74) is 1.01. The van der Waals surface area contributed by atoms with Crippen LogP contribution in [0.1, 0.15) is 19.8 Å². The van der Waals surface area contributed by atoms with Gasteiger partial charge < -0.3 is 20.6 Å². The number of carbonyl (C=O) groups excluding carboxylic acids is 1. The molecule has 1 aromatic carbocycles. The van der Waals surface area contributed by atoms with Gasteiger partial charge in [0.2, 0.25) is 0 Å². The topological polar surface area (TPSA) is 64.6 Å². The van der Waals surface area contributed by atoms with E-state index in [9.17, 15) is 4.79 Å². The Morgan fingerprint density at radius 3 is 3.00 bits per heavy atom. The van der Waals surface area contributed by atoms with Gasteiger partial charge in [-0.2, -0.15) is 0 Å². The van der Waals surface area contributed by atoms with Crippen LogP contribution in [0.15, 0.2) is 24.3 Å². The lowest BCUT2D eigenvalue weighted by molar-refractivity contribution is 0.216. The molecule has 1 aromatic rings. The van der Waals surface area contributed by atoms with Gasteiger partial charge in [-0.15, -0.1) is 0 Å². The molecule has 0 aliphatic carbocycles. The van der Waals surface area contributed by atoms with E-state index in [1.165, 1.54) is 0 Å². The van der Waals surface area contributed by atoms with Crippen molar-refractivity contribution in [3.05, 3.63) is 29.3 Å². The van der Waals surface area contributed by atoms with Gasteiger partial charge in [-0.05, 0) is 31.9 Å². The number of urea groups is 1. The third kappa shape index (κ3) is 4.51. The number of halogens is 1. The summed E-state index contributed by atoms with van der Waals surface area (Å²) in [6.07, 6.45) is 1.95. The molecule has 2 rings (SSSR count). The number of para-hydroxylation sites is 1. The largest absolute Gasteiger partial charge is 0.394 e. The summed E-state index contributed by atoms with van der Waals surface area (Å²) < 4.78 is 0. The standard InChI is InChI=1S/C15H22ClN3O2/c1-11(10-20)17-15(21)18-12-5-4-8-19(9-12)14-7-3-2-6-13(14)16/h2-3,6-7,11-12,20H,4-5,8-10H2,1H3,(H2,17,18,21). The summed E-state index contributed by atoms with van der Waals surface area (Å²) in [6, 6.07) is 7.36. The van der Waals surface area contributed by atoms with E-state index in [4.69, 9.17) is 16.7 Å². The quantitative estimate of drug-likeness (QED) is 0.797. The van der Waals surface area contributed by atoms with E-state index < -0.39 is 0 Å². The predicted molar refractivity (Wildman–Crippen MR) is 84.9 cm³/mol. The molecule has 21 heavy (non-hydrogen) atoms. The number of hydrogen-bond donors (Lipinski definition) is 3. The fraction of sp³-hybridized carbons (Fsp3) is 0.533. The lowest BCUT2D eigenvalue weighted by Crippen LogP contribution is -2.52. The first kappa shape index (κ1) is 15.9. The van der Waals surface area contributed by atoms with Gasteiger partial charge >= 0.3 is 6.03 Å². The molecule has 1 fully saturated rings. The molecule has 0 bridgehead atoms. The molecule has 2 unspecified atom stereocenters. The third-order valence-electron chi connectivity index (χ3n) is 3.60. The summed E-state index contributed by atoms with van der Waals surface area (Å²) in [7, 11) is 0. The van der Waals surface area contributed by atoms with Crippen molar-refractivity contribution in [3.63, 3.8) is 0 Å². The van der Waals surface area contributed by atoms with Crippen molar-refractivity contribution in [2.24, 2.45) is 0 Å². The molecule has 5 nitrogen and oxygen atoms in total. The van der Waals surface area contributed by atoms with Crippen LogP contribution in [0.2, 0.25) is 5.02 Å². The second-order valence-corrected chi connectivity index (χ2v) is 5.85. The van der Waals surface area contributed by atoms with E-state index in [2.05, 4.69) is 15.5 Å². The highest BCUT2D eigenvalue weighted by Gasteiger charge is 2.23. The molecule has 116 valence electrons. The zero-order valence-electron chi connectivity index (χ0n) is 12.2. The van der Waals surface area contributed by atoms with Gasteiger partial charge in [0.05, 0.1) is 23.4 Å². The number of anilines is 1. The summed E-state index contributed by atoms with van der Waals surface area (Å²) in [6.45, 7) is 3.38. The maximum atomic E-state index is 11.8. The molecule has 2 atom stereocenters. The Balaban J connectivity index is 1.92. The lowest BCUT2D eigenvalue weighted by Gasteiger charge is -2.35. The molecule has 1 aliphatic rings. The maximum absolute atomic E-state index is 11.8. The Morgan fingerprint density at radius 1 is 1.52 bits per heavy atom. The first-order chi connectivity index (χ1) is 10.1. The summed E-state index contributed by atoms with van der Waals surface area (Å²) in [5.74, 6) is 0. The third-order valence-corrected chi connectivity index (χ3v) is 3.92. The van der Waals surface area contributed by atoms with Crippen LogP contribution >= 0.6 is 11.6 Å². The highest BCUT2D eigenvalue weighted by Crippen LogP contribution is 2.27. The first-order valence-electron chi connectivity index (χ1n) is 7.27. The van der Waals surface area contributed by atoms with Crippen molar-refractivity contribution in [2.75, 3.05) is 24.6 Å². The van der Waals surface area contributed by atoms with Crippen LogP contribution in [-0.4, -0.2) is 42.9 Å². The first-order valence-corrected chi connectivity index (χ1v) is 7.65. The van der Waals surface area contributed by atoms with Gasteiger partial charge in [-0.25, -0.2) is 4.79 Å². The average Bonchev–Trinajstić information content (AvgIpc) is 2.47. The van der Waals surface area contributed by atoms with Crippen LogP contribution in [0.3, 0.4) is 0 Å². The maximum Gasteiger partial charge on any atom is 0.315 e. The Labute approximate surface area is 130 Å². The molecule has 0 aromatic heterocycles. The van der Waals surface area contributed by atoms with Crippen LogP contribution in [0, 0.1) is 0 Å². The highest BCUT2D eigenvalue weighted by atomic mass is 35.5. The molecule has 2 amide bonds. The van der Waals surface area contributed by atoms with E-state index >= 15 is 0 Å². The van der Waals surface area contributed by atoms with Crippen molar-refractivity contribution in [1.82, 2.24) is 10.6 Å². The number of rotatable bonds is 4. The Morgan fingerprint density at radius 2 is 2.29 bits per heavy atom. The van der Waals surface area contributed by atoms with E-state index in [1.807, 2.05) is 24.3 Å². The van der Waals surface area contributed by atoms with Crippen LogP contribution in [0.5, 0.6) is 0 Å². The molecule has 6 heteroatoms. The van der Waals surface area contributed by atoms with Crippen LogP contribution in [-0.2, 0) is 0 Å². The number of nitrogens with one attached hydrogen (secondary N) is 2. The molecule has 1 saturated heterocycles. The van der Waals surface area contributed by atoms with Gasteiger partial charge in [-0.1, -0.05) is 23.7 Å². The number of hydrogen-bond acceptors (Lipinski definition) is 3. The monoisotopic (exact) mass is 311 g/mol. The van der Waals surface area contributed by atoms with Gasteiger partial charge in [0.25, 0.3) is 0 Å². The molecule has 1 aliphatic heterocycles. The zero-order chi connectivity index (χ0) is 15.2. The fourth-order valence-electron chi connectivity index (χ4n) is 2.52. The van der Waals surface area contributed by atoms with Crippen molar-refractivity contribution in [1.29, 1.82) is 0 Å². The molecule has 1 heterocycles. The van der Waals surface area contributed by atoms with E-state index in [0.29, 0.717) is 0 Å². The Bertz CT molecular complexity index is 484. The molecular formula is C15H22ClN3O2. The van der Waals surface area contributed by atoms with Crippen LogP contribution in [0.25, 0.3) is 0 Å². The van der Waals surface area contributed by atoms with E-state index in [0.717, 1.165) is 36.6 Å². The van der Waals surface area contributed by atoms with Crippen LogP contribution < -0.4 is 15.5 Å². The number of aliphatic hydroxyl groups is 1. The normalized spacial score (nSPS) is 20.0. The SMILES string of the molecule is CC(CO)NC(=O)NC1CCCN(c2ccccc2Cl)C1. The number of aliphatic hydroxyl groups excluding tert-OH is 1. The number of benzene rings is 1. The van der Waals surface area contributed by atoms with E-state index in [-0.39, 0.29) is 24.7 Å². The number of amides is 2. The molecule has 0 radical (unpaired) electrons. The summed E-state index contributed by atoms with van der Waals surface area (Å²) in [4.78, 5) is 14.0. The fourth-order valence-corrected chi connectivity index (χ4v) is 2.77. The van der Waals surface area contributed by atoms with Crippen molar-refractivity contribution in [2.45, 2.75) is 31.8 Å². The number of piperidine rings is 1. The van der Waals surface area contributed by atoms with Gasteiger partial charge in [0.1, 0.15) is 0 Å². The number of carbonyl (C=O) groups is 1. The molecule has 3 N–H and O–H groups in total. The second-order valence-electron chi connectivity index (χ2n) is 5.44. The molecular weight excluding hydrogens is 290 g/mol. The molecule has 0 saturated carbocycles. The summed E-state index contributed by atoms with van der Waals surface area (Å²) >= 11 is 6.23. The van der Waals surface area contributed by atoms with Gasteiger partial charge in [0.15, 0.2) is 0 Å².